The molecule has 0 amide bonds. The van der Waals surface area contributed by atoms with Gasteiger partial charge in [0, 0.05) is 24.2 Å². The van der Waals surface area contributed by atoms with E-state index in [4.69, 9.17) is 37.9 Å². The van der Waals surface area contributed by atoms with Gasteiger partial charge < -0.3 is 83.9 Å². The maximum Gasteiger partial charge on any atom is 0.187 e. The van der Waals surface area contributed by atoms with Gasteiger partial charge in [0.1, 0.15) is 61.0 Å². The fourth-order valence-electron chi connectivity index (χ4n) is 15.6. The van der Waals surface area contributed by atoms with Gasteiger partial charge in [0.25, 0.3) is 0 Å². The molecule has 4 saturated carbocycles. The van der Waals surface area contributed by atoms with E-state index in [2.05, 4.69) is 47.6 Å². The lowest BCUT2D eigenvalue weighted by Crippen LogP contribution is -2.67. The highest BCUT2D eigenvalue weighted by molar-refractivity contribution is 5.26. The lowest BCUT2D eigenvalue weighted by molar-refractivity contribution is -0.375. The minimum atomic E-state index is -1.79. The van der Waals surface area contributed by atoms with Gasteiger partial charge in [0.05, 0.1) is 44.2 Å². The highest BCUT2D eigenvalue weighted by atomic mass is 16.8. The SMILES string of the molecule is CC(C)=CC1C[C@](C)(O)[C@@H]2[C@H]3CC[C@@H]4[C@@]5(C)CC[C@H](O[C@@H]6OC[C@H](O)[C@H](O[C@@H]7O[C@H](CO)[C@@H](O)[C@H](O)[C@H]7O)[C@H]6O[C@@H]6O[C@@H](CO)[C@H](O)[C@H]6O)C(C)(C)[C@@H]5CC[C@@]4(C)[C@@]34CO[C@@]2(C4)O1. The first-order chi connectivity index (χ1) is 29.6. The summed E-state index contributed by atoms with van der Waals surface area (Å²) in [6.45, 7) is 14.6. The Hall–Kier alpha value is -0.940. The molecule has 5 saturated heterocycles. The molecule has 9 rings (SSSR count). The van der Waals surface area contributed by atoms with Crippen LogP contribution in [0.15, 0.2) is 11.6 Å². The minimum Gasteiger partial charge on any atom is -0.394 e. The van der Waals surface area contributed by atoms with Crippen LogP contribution in [-0.4, -0.2) is 176 Å². The number of rotatable bonds is 9. The molecule has 4 aliphatic carbocycles. The van der Waals surface area contributed by atoms with E-state index in [0.29, 0.717) is 25.4 Å². The van der Waals surface area contributed by atoms with Gasteiger partial charge in [-0.1, -0.05) is 39.3 Å². The van der Waals surface area contributed by atoms with Crippen LogP contribution in [-0.2, 0) is 37.9 Å². The molecule has 17 nitrogen and oxygen atoms in total. The molecule has 1 unspecified atom stereocenters. The fraction of sp³-hybridized carbons (Fsp3) is 0.957. The van der Waals surface area contributed by atoms with E-state index in [9.17, 15) is 46.0 Å². The van der Waals surface area contributed by atoms with E-state index in [0.717, 1.165) is 44.1 Å². The van der Waals surface area contributed by atoms with Crippen LogP contribution in [0.4, 0.5) is 0 Å². The van der Waals surface area contributed by atoms with Gasteiger partial charge in [0.2, 0.25) is 0 Å². The standard InChI is InChI=1S/C46H74O17/c1-21(2)14-22-15-44(7,55)37-23-8-9-28-42(5)12-11-29(41(3,4)27(42)10-13-43(28,6)45(23)19-46(37,63-22)57-20-45)60-40-36(62-38-33(53)31(51)26(17-48)59-38)35(24(49)18-56-40)61-39-34(54)32(52)30(50)25(16-47)58-39/h14,22-40,47-55H,8-13,15-20H2,1-7H3/t22?,23-,24+,25-,26+,27+,28-,29+,30-,31+,32+,33-,34-,35+,36-,37+,38+,39+,40+,42+,43-,44+,45+,46+/m1/s1. The third-order valence-electron chi connectivity index (χ3n) is 18.4. The molecular formula is C46H74O17. The fourth-order valence-corrected chi connectivity index (χ4v) is 15.6. The van der Waals surface area contributed by atoms with Crippen LogP contribution < -0.4 is 0 Å². The zero-order valence-electron chi connectivity index (χ0n) is 37.8. The monoisotopic (exact) mass is 898 g/mol. The van der Waals surface area contributed by atoms with Crippen molar-refractivity contribution >= 4 is 0 Å². The molecule has 9 aliphatic rings. The van der Waals surface area contributed by atoms with E-state index in [-0.39, 0.29) is 52.8 Å². The summed E-state index contributed by atoms with van der Waals surface area (Å²) in [4.78, 5) is 0. The van der Waals surface area contributed by atoms with Gasteiger partial charge in [-0.2, -0.15) is 0 Å². The first-order valence-electron chi connectivity index (χ1n) is 23.5. The second-order valence-corrected chi connectivity index (χ2v) is 22.5. The lowest BCUT2D eigenvalue weighted by atomic mass is 9.35. The van der Waals surface area contributed by atoms with E-state index >= 15 is 0 Å². The molecule has 63 heavy (non-hydrogen) atoms. The van der Waals surface area contributed by atoms with Crippen LogP contribution in [0.2, 0.25) is 0 Å². The van der Waals surface area contributed by atoms with Gasteiger partial charge in [-0.25, -0.2) is 0 Å². The van der Waals surface area contributed by atoms with Crippen LogP contribution in [0.25, 0.3) is 0 Å². The maximum absolute atomic E-state index is 12.2. The molecule has 0 aromatic rings. The van der Waals surface area contributed by atoms with Gasteiger partial charge in [0.15, 0.2) is 24.7 Å². The molecule has 2 bridgehead atoms. The summed E-state index contributed by atoms with van der Waals surface area (Å²) in [7, 11) is 0. The van der Waals surface area contributed by atoms with Crippen LogP contribution in [0.1, 0.15) is 99.8 Å². The number of aliphatic hydroxyl groups is 9. The van der Waals surface area contributed by atoms with Gasteiger partial charge >= 0.3 is 0 Å². The molecule has 0 aromatic carbocycles. The summed E-state index contributed by atoms with van der Waals surface area (Å²) in [5.74, 6) is -0.0237. The molecule has 5 aliphatic heterocycles. The zero-order chi connectivity index (χ0) is 45.4. The van der Waals surface area contributed by atoms with Crippen LogP contribution in [0, 0.1) is 45.3 Å². The predicted octanol–water partition coefficient (Wildman–Crippen LogP) is 0.606. The van der Waals surface area contributed by atoms with Crippen molar-refractivity contribution in [2.75, 3.05) is 26.4 Å². The largest absolute Gasteiger partial charge is 0.394 e. The van der Waals surface area contributed by atoms with Crippen molar-refractivity contribution in [2.24, 2.45) is 45.3 Å². The molecule has 0 aromatic heterocycles. The average Bonchev–Trinajstić information content (AvgIpc) is 3.83. The first kappa shape index (κ1) is 47.1. The Morgan fingerprint density at radius 3 is 2.00 bits per heavy atom. The summed E-state index contributed by atoms with van der Waals surface area (Å²) < 4.78 is 50.7. The predicted molar refractivity (Wildman–Crippen MR) is 219 cm³/mol. The Morgan fingerprint density at radius 2 is 1.35 bits per heavy atom. The summed E-state index contributed by atoms with van der Waals surface area (Å²) in [5.41, 5.74) is -0.453. The van der Waals surface area contributed by atoms with Crippen LogP contribution in [0.5, 0.6) is 0 Å². The molecule has 24 atom stereocenters. The highest BCUT2D eigenvalue weighted by Gasteiger charge is 2.81. The van der Waals surface area contributed by atoms with E-state index in [1.165, 1.54) is 0 Å². The quantitative estimate of drug-likeness (QED) is 0.114. The minimum absolute atomic E-state index is 0.0626. The molecule has 0 radical (unpaired) electrons. The van der Waals surface area contributed by atoms with Crippen molar-refractivity contribution in [2.45, 2.75) is 203 Å². The lowest BCUT2D eigenvalue weighted by Gasteiger charge is -2.70. The zero-order valence-corrected chi connectivity index (χ0v) is 37.8. The molecule has 17 heteroatoms. The van der Waals surface area contributed by atoms with Crippen molar-refractivity contribution in [1.82, 2.24) is 0 Å². The van der Waals surface area contributed by atoms with Crippen molar-refractivity contribution in [3.8, 4) is 0 Å². The number of aliphatic hydroxyl groups excluding tert-OH is 8. The number of allylic oxidation sites excluding steroid dienone is 1. The molecule has 5 heterocycles. The van der Waals surface area contributed by atoms with Gasteiger partial charge in [-0.3, -0.25) is 0 Å². The van der Waals surface area contributed by atoms with Crippen molar-refractivity contribution < 1.29 is 83.9 Å². The number of ether oxygens (including phenoxy) is 8. The number of hydrogen-bond acceptors (Lipinski definition) is 17. The van der Waals surface area contributed by atoms with Crippen molar-refractivity contribution in [3.05, 3.63) is 11.6 Å². The first-order valence-corrected chi connectivity index (χ1v) is 23.5. The Bertz CT molecular complexity index is 1710. The molecule has 360 valence electrons. The summed E-state index contributed by atoms with van der Waals surface area (Å²) in [6, 6.07) is 0. The van der Waals surface area contributed by atoms with E-state index in [1.807, 2.05) is 6.92 Å². The Kier molecular flexibility index (Phi) is 12.2. The summed E-state index contributed by atoms with van der Waals surface area (Å²) >= 11 is 0. The Morgan fingerprint density at radius 1 is 0.714 bits per heavy atom. The number of fused-ring (bicyclic) bond motifs is 4. The Balaban J connectivity index is 0.969. The maximum atomic E-state index is 12.2. The van der Waals surface area contributed by atoms with Crippen LogP contribution >= 0.6 is 0 Å². The second-order valence-electron chi connectivity index (χ2n) is 22.5. The molecule has 9 fully saturated rings. The third-order valence-corrected chi connectivity index (χ3v) is 18.4. The smallest absolute Gasteiger partial charge is 0.187 e. The van der Waals surface area contributed by atoms with Gasteiger partial charge in [-0.05, 0) is 93.3 Å². The summed E-state index contributed by atoms with van der Waals surface area (Å²) in [5, 5.41) is 96.7. The highest BCUT2D eigenvalue weighted by Crippen LogP contribution is 2.80. The summed E-state index contributed by atoms with van der Waals surface area (Å²) in [6.07, 6.45) is -11.0. The van der Waals surface area contributed by atoms with Crippen molar-refractivity contribution in [3.63, 3.8) is 0 Å². The van der Waals surface area contributed by atoms with Crippen LogP contribution in [0.3, 0.4) is 0 Å². The normalized spacial score (nSPS) is 57.2. The number of hydrogen-bond donors (Lipinski definition) is 9. The van der Waals surface area contributed by atoms with E-state index in [1.54, 1.807) is 0 Å². The van der Waals surface area contributed by atoms with Gasteiger partial charge in [-0.15, -0.1) is 0 Å². The third kappa shape index (κ3) is 7.11. The molecule has 2 spiro atoms. The average molecular weight is 899 g/mol. The topological polar surface area (TPSA) is 256 Å². The molecular weight excluding hydrogens is 824 g/mol. The molecule has 9 N–H and O–H groups in total. The van der Waals surface area contributed by atoms with E-state index < -0.39 is 110 Å². The second kappa shape index (κ2) is 16.4. The van der Waals surface area contributed by atoms with Crippen molar-refractivity contribution in [1.29, 1.82) is 0 Å². The Labute approximate surface area is 369 Å².